The van der Waals surface area contributed by atoms with Crippen molar-refractivity contribution in [3.63, 3.8) is 0 Å². The molecule has 4 aromatic rings. The first-order chi connectivity index (χ1) is 17.1. The molecule has 1 amide bonds. The van der Waals surface area contributed by atoms with E-state index in [9.17, 15) is 9.59 Å². The summed E-state index contributed by atoms with van der Waals surface area (Å²) in [4.78, 5) is 23.2. The molecule has 0 aliphatic heterocycles. The van der Waals surface area contributed by atoms with Gasteiger partial charge in [0.2, 0.25) is 5.88 Å². The predicted molar refractivity (Wildman–Crippen MR) is 133 cm³/mol. The summed E-state index contributed by atoms with van der Waals surface area (Å²) in [6, 6.07) is 27.5. The number of nitrogens with one attached hydrogen (secondary N) is 1. The van der Waals surface area contributed by atoms with E-state index in [1.807, 2.05) is 91.9 Å². The molecule has 1 aromatic heterocycles. The Hall–Kier alpha value is -4.32. The topological polar surface area (TPSA) is 77.8 Å². The van der Waals surface area contributed by atoms with Gasteiger partial charge in [-0.05, 0) is 53.6 Å². The highest BCUT2D eigenvalue weighted by atomic mass is 16.6. The summed E-state index contributed by atoms with van der Waals surface area (Å²) >= 11 is 0. The molecule has 0 spiro atoms. The summed E-state index contributed by atoms with van der Waals surface area (Å²) in [5, 5.41) is 2.71. The zero-order chi connectivity index (χ0) is 24.3. The van der Waals surface area contributed by atoms with Crippen molar-refractivity contribution in [2.24, 2.45) is 0 Å². The Morgan fingerprint density at radius 2 is 1.54 bits per heavy atom. The second-order valence-corrected chi connectivity index (χ2v) is 8.61. The fraction of sp³-hybridized carbons (Fsp3) is 0.172. The summed E-state index contributed by atoms with van der Waals surface area (Å²) in [6.45, 7) is 2.35. The van der Waals surface area contributed by atoms with E-state index in [0.717, 1.165) is 46.2 Å². The summed E-state index contributed by atoms with van der Waals surface area (Å²) in [5.41, 5.74) is 5.28. The molecule has 0 unspecified atom stereocenters. The molecule has 35 heavy (non-hydrogen) atoms. The third-order valence-corrected chi connectivity index (χ3v) is 6.35. The van der Waals surface area contributed by atoms with E-state index >= 15 is 0 Å². The van der Waals surface area contributed by atoms with E-state index in [4.69, 9.17) is 13.9 Å². The molecule has 1 heterocycles. The van der Waals surface area contributed by atoms with Crippen LogP contribution in [-0.2, 0) is 19.9 Å². The molecule has 1 N–H and O–H groups in total. The van der Waals surface area contributed by atoms with Crippen molar-refractivity contribution in [3.05, 3.63) is 102 Å². The average molecular weight is 468 g/mol. The maximum absolute atomic E-state index is 12.4. The zero-order valence-corrected chi connectivity index (χ0v) is 19.3. The molecule has 176 valence electrons. The van der Waals surface area contributed by atoms with Crippen molar-refractivity contribution in [2.75, 3.05) is 5.32 Å². The van der Waals surface area contributed by atoms with Gasteiger partial charge in [0.25, 0.3) is 6.47 Å². The molecule has 1 atom stereocenters. The van der Waals surface area contributed by atoms with Crippen molar-refractivity contribution in [1.82, 2.24) is 0 Å². The van der Waals surface area contributed by atoms with Crippen molar-refractivity contribution in [1.29, 1.82) is 0 Å². The van der Waals surface area contributed by atoms with Crippen molar-refractivity contribution in [3.8, 4) is 22.3 Å². The van der Waals surface area contributed by atoms with Gasteiger partial charge in [0.15, 0.2) is 0 Å². The lowest BCUT2D eigenvalue weighted by Gasteiger charge is -2.14. The van der Waals surface area contributed by atoms with Gasteiger partial charge < -0.3 is 13.9 Å². The van der Waals surface area contributed by atoms with Gasteiger partial charge in [-0.2, -0.15) is 0 Å². The van der Waals surface area contributed by atoms with E-state index in [1.165, 1.54) is 6.26 Å². The smallest absolute Gasteiger partial charge is 0.414 e. The monoisotopic (exact) mass is 467 g/mol. The van der Waals surface area contributed by atoms with Gasteiger partial charge in [-0.15, -0.1) is 0 Å². The van der Waals surface area contributed by atoms with Crippen molar-refractivity contribution in [2.45, 2.75) is 31.5 Å². The number of benzene rings is 3. The lowest BCUT2D eigenvalue weighted by atomic mass is 9.99. The number of amides is 1. The maximum atomic E-state index is 12.4. The minimum Gasteiger partial charge on any atom is -0.456 e. The molecule has 5 rings (SSSR count). The van der Waals surface area contributed by atoms with Gasteiger partial charge in [-0.1, -0.05) is 78.9 Å². The normalized spacial score (nSPS) is 14.5. The molecule has 6 nitrogen and oxygen atoms in total. The van der Waals surface area contributed by atoms with Gasteiger partial charge in [0.1, 0.15) is 11.7 Å². The lowest BCUT2D eigenvalue weighted by molar-refractivity contribution is -0.136. The van der Waals surface area contributed by atoms with E-state index in [2.05, 4.69) is 5.32 Å². The number of furan rings is 1. The SMILES string of the molecule is C[C@@H](OC(=O)Nc1occc1-c1ccc(-c2ccc(C3(OC=O)CC3)cc2)cc1)c1ccccc1. The fourth-order valence-corrected chi connectivity index (χ4v) is 4.20. The molecule has 0 radical (unpaired) electrons. The predicted octanol–water partition coefficient (Wildman–Crippen LogP) is 7.09. The van der Waals surface area contributed by atoms with E-state index < -0.39 is 11.7 Å². The third kappa shape index (κ3) is 4.82. The number of hydrogen-bond donors (Lipinski definition) is 1. The largest absolute Gasteiger partial charge is 0.456 e. The van der Waals surface area contributed by atoms with E-state index in [0.29, 0.717) is 12.4 Å². The van der Waals surface area contributed by atoms with Gasteiger partial charge >= 0.3 is 6.09 Å². The first kappa shape index (κ1) is 22.5. The van der Waals surface area contributed by atoms with E-state index in [-0.39, 0.29) is 6.10 Å². The number of ether oxygens (including phenoxy) is 2. The van der Waals surface area contributed by atoms with Crippen molar-refractivity contribution >= 4 is 18.4 Å². The molecule has 1 aliphatic rings. The van der Waals surface area contributed by atoms with Crippen LogP contribution in [0.4, 0.5) is 10.7 Å². The highest BCUT2D eigenvalue weighted by molar-refractivity contribution is 5.89. The number of rotatable bonds is 8. The molecule has 1 fully saturated rings. The Kier molecular flexibility index (Phi) is 6.10. The Balaban J connectivity index is 1.26. The van der Waals surface area contributed by atoms with Crippen LogP contribution < -0.4 is 5.32 Å². The molecule has 3 aromatic carbocycles. The number of carbonyl (C=O) groups excluding carboxylic acids is 2. The first-order valence-electron chi connectivity index (χ1n) is 11.5. The van der Waals surface area contributed by atoms with Crippen LogP contribution in [0, 0.1) is 0 Å². The second-order valence-electron chi connectivity index (χ2n) is 8.61. The van der Waals surface area contributed by atoms with Crippen LogP contribution in [0.5, 0.6) is 0 Å². The summed E-state index contributed by atoms with van der Waals surface area (Å²) in [6.07, 6.45) is 2.29. The van der Waals surface area contributed by atoms with Crippen LogP contribution >= 0.6 is 0 Å². The molecule has 1 saturated carbocycles. The Morgan fingerprint density at radius 3 is 2.17 bits per heavy atom. The van der Waals surface area contributed by atoms with Crippen LogP contribution in [-0.4, -0.2) is 12.6 Å². The van der Waals surface area contributed by atoms with Gasteiger partial charge in [-0.25, -0.2) is 4.79 Å². The fourth-order valence-electron chi connectivity index (χ4n) is 4.20. The molecular formula is C29H25NO5. The third-order valence-electron chi connectivity index (χ3n) is 6.35. The maximum Gasteiger partial charge on any atom is 0.414 e. The molecule has 0 saturated heterocycles. The van der Waals surface area contributed by atoms with Crippen LogP contribution in [0.2, 0.25) is 0 Å². The standard InChI is InChI=1S/C29H25NO5/c1-20(21-5-3-2-4-6-21)35-28(32)30-27-26(15-18-33-27)24-9-7-22(8-10-24)23-11-13-25(14-12-23)29(16-17-29)34-19-31/h2-15,18-20H,16-17H2,1H3,(H,30,32)/t20-/m1/s1. The Bertz CT molecular complexity index is 1310. The summed E-state index contributed by atoms with van der Waals surface area (Å²) in [7, 11) is 0. The number of carbonyl (C=O) groups is 2. The quantitative estimate of drug-likeness (QED) is 0.280. The Morgan fingerprint density at radius 1 is 0.914 bits per heavy atom. The number of hydrogen-bond acceptors (Lipinski definition) is 5. The summed E-state index contributed by atoms with van der Waals surface area (Å²) < 4.78 is 16.3. The van der Waals surface area contributed by atoms with Gasteiger partial charge in [0.05, 0.1) is 6.26 Å². The average Bonchev–Trinajstić information content (AvgIpc) is 3.54. The van der Waals surface area contributed by atoms with E-state index in [1.54, 1.807) is 0 Å². The molecular weight excluding hydrogens is 442 g/mol. The minimum atomic E-state index is -0.582. The first-order valence-corrected chi connectivity index (χ1v) is 11.5. The zero-order valence-electron chi connectivity index (χ0n) is 19.3. The van der Waals surface area contributed by atoms with Crippen LogP contribution in [0.1, 0.15) is 37.0 Å². The lowest BCUT2D eigenvalue weighted by Crippen LogP contribution is -2.16. The summed E-state index contributed by atoms with van der Waals surface area (Å²) in [5.74, 6) is 0.331. The molecule has 1 aliphatic carbocycles. The number of anilines is 1. The van der Waals surface area contributed by atoms with Crippen LogP contribution in [0.25, 0.3) is 22.3 Å². The van der Waals surface area contributed by atoms with Crippen molar-refractivity contribution < 1.29 is 23.5 Å². The molecule has 0 bridgehead atoms. The highest BCUT2D eigenvalue weighted by Gasteiger charge is 2.46. The Labute approximate surface area is 203 Å². The van der Waals surface area contributed by atoms with Gasteiger partial charge in [-0.3, -0.25) is 10.1 Å². The molecule has 6 heteroatoms. The van der Waals surface area contributed by atoms with Crippen LogP contribution in [0.3, 0.4) is 0 Å². The second kappa shape index (κ2) is 9.50. The highest BCUT2D eigenvalue weighted by Crippen LogP contribution is 2.49. The van der Waals surface area contributed by atoms with Gasteiger partial charge in [0, 0.05) is 5.56 Å². The van der Waals surface area contributed by atoms with Crippen LogP contribution in [0.15, 0.2) is 95.6 Å². The minimum absolute atomic E-state index is 0.331.